The van der Waals surface area contributed by atoms with Crippen molar-refractivity contribution >= 4 is 22.0 Å². The standard InChI is InChI=1S/C13H19BrN2O3/c1-10(5-7-17)16-13(18)15-6-8-19-12-4-2-3-11(14)9-12/h2-4,9-10,17H,5-8H2,1H3,(H2,15,16,18)/t10-/m1/s1. The third kappa shape index (κ3) is 7.03. The van der Waals surface area contributed by atoms with Crippen molar-refractivity contribution in [3.8, 4) is 5.75 Å². The van der Waals surface area contributed by atoms with E-state index in [0.29, 0.717) is 19.6 Å². The number of carbonyl (C=O) groups excluding carboxylic acids is 1. The molecule has 0 unspecified atom stereocenters. The van der Waals surface area contributed by atoms with Crippen molar-refractivity contribution in [1.82, 2.24) is 10.6 Å². The molecule has 1 rings (SSSR count). The van der Waals surface area contributed by atoms with Crippen molar-refractivity contribution in [2.24, 2.45) is 0 Å². The van der Waals surface area contributed by atoms with E-state index in [1.54, 1.807) is 0 Å². The second kappa shape index (κ2) is 8.77. The van der Waals surface area contributed by atoms with Gasteiger partial charge in [-0.3, -0.25) is 0 Å². The molecule has 2 amide bonds. The lowest BCUT2D eigenvalue weighted by atomic mass is 10.2. The molecule has 0 heterocycles. The third-order valence-electron chi connectivity index (χ3n) is 2.39. The molecule has 6 heteroatoms. The molecule has 1 aromatic rings. The van der Waals surface area contributed by atoms with E-state index < -0.39 is 0 Å². The maximum atomic E-state index is 11.4. The number of amides is 2. The van der Waals surface area contributed by atoms with Crippen LogP contribution in [-0.4, -0.2) is 36.9 Å². The molecule has 0 spiro atoms. The van der Waals surface area contributed by atoms with Crippen LogP contribution in [0.1, 0.15) is 13.3 Å². The summed E-state index contributed by atoms with van der Waals surface area (Å²) in [6, 6.07) is 7.23. The molecule has 0 aromatic heterocycles. The maximum absolute atomic E-state index is 11.4. The van der Waals surface area contributed by atoms with Crippen LogP contribution in [0.4, 0.5) is 4.79 Å². The summed E-state index contributed by atoms with van der Waals surface area (Å²) in [4.78, 5) is 11.4. The van der Waals surface area contributed by atoms with E-state index >= 15 is 0 Å². The molecule has 0 fully saturated rings. The lowest BCUT2D eigenvalue weighted by Crippen LogP contribution is -2.42. The van der Waals surface area contributed by atoms with Gasteiger partial charge in [-0.25, -0.2) is 4.79 Å². The van der Waals surface area contributed by atoms with E-state index in [2.05, 4.69) is 26.6 Å². The molecule has 3 N–H and O–H groups in total. The highest BCUT2D eigenvalue weighted by Crippen LogP contribution is 2.17. The van der Waals surface area contributed by atoms with Gasteiger partial charge in [0.15, 0.2) is 0 Å². The van der Waals surface area contributed by atoms with Crippen LogP contribution >= 0.6 is 15.9 Å². The Hall–Kier alpha value is -1.27. The summed E-state index contributed by atoms with van der Waals surface area (Å²) in [5.41, 5.74) is 0. The Kier molecular flexibility index (Phi) is 7.28. The highest BCUT2D eigenvalue weighted by molar-refractivity contribution is 9.10. The number of urea groups is 1. The fourth-order valence-electron chi connectivity index (χ4n) is 1.43. The van der Waals surface area contributed by atoms with Gasteiger partial charge in [0.2, 0.25) is 0 Å². The molecule has 0 aliphatic carbocycles. The summed E-state index contributed by atoms with van der Waals surface area (Å²) in [7, 11) is 0. The zero-order valence-electron chi connectivity index (χ0n) is 10.9. The Bertz CT molecular complexity index is 401. The smallest absolute Gasteiger partial charge is 0.315 e. The van der Waals surface area contributed by atoms with Crippen molar-refractivity contribution < 1.29 is 14.6 Å². The topological polar surface area (TPSA) is 70.6 Å². The number of ether oxygens (including phenoxy) is 1. The fourth-order valence-corrected chi connectivity index (χ4v) is 1.81. The number of hydrogen-bond donors (Lipinski definition) is 3. The molecule has 0 bridgehead atoms. The molecule has 0 saturated carbocycles. The number of benzene rings is 1. The highest BCUT2D eigenvalue weighted by Gasteiger charge is 2.05. The molecule has 5 nitrogen and oxygen atoms in total. The lowest BCUT2D eigenvalue weighted by Gasteiger charge is -2.13. The van der Waals surface area contributed by atoms with Crippen molar-refractivity contribution in [2.45, 2.75) is 19.4 Å². The second-order valence-electron chi connectivity index (χ2n) is 4.12. The number of aliphatic hydroxyl groups excluding tert-OH is 1. The van der Waals surface area contributed by atoms with E-state index in [1.807, 2.05) is 31.2 Å². The third-order valence-corrected chi connectivity index (χ3v) is 2.89. The van der Waals surface area contributed by atoms with Gasteiger partial charge in [-0.1, -0.05) is 22.0 Å². The summed E-state index contributed by atoms with van der Waals surface area (Å²) in [6.07, 6.45) is 0.544. The predicted octanol–water partition coefficient (Wildman–Crippen LogP) is 1.90. The minimum Gasteiger partial charge on any atom is -0.492 e. The van der Waals surface area contributed by atoms with E-state index in [1.165, 1.54) is 0 Å². The summed E-state index contributed by atoms with van der Waals surface area (Å²) < 4.78 is 6.43. The molecule has 0 radical (unpaired) electrons. The van der Waals surface area contributed by atoms with Gasteiger partial charge >= 0.3 is 6.03 Å². The molecule has 1 atom stereocenters. The summed E-state index contributed by atoms with van der Waals surface area (Å²) in [6.45, 7) is 2.73. The SMILES string of the molecule is C[C@H](CCO)NC(=O)NCCOc1cccc(Br)c1. The fraction of sp³-hybridized carbons (Fsp3) is 0.462. The van der Waals surface area contributed by atoms with Gasteiger partial charge in [0.05, 0.1) is 6.54 Å². The monoisotopic (exact) mass is 330 g/mol. The highest BCUT2D eigenvalue weighted by atomic mass is 79.9. The van der Waals surface area contributed by atoms with Crippen LogP contribution in [0.25, 0.3) is 0 Å². The first-order valence-electron chi connectivity index (χ1n) is 6.15. The Morgan fingerprint density at radius 1 is 1.53 bits per heavy atom. The van der Waals surface area contributed by atoms with E-state index in [9.17, 15) is 4.79 Å². The molecule has 0 aliphatic rings. The minimum atomic E-state index is -0.251. The first-order chi connectivity index (χ1) is 9.11. The normalized spacial score (nSPS) is 11.7. The molecule has 0 aliphatic heterocycles. The average molecular weight is 331 g/mol. The van der Waals surface area contributed by atoms with Crippen LogP contribution in [0.5, 0.6) is 5.75 Å². The van der Waals surface area contributed by atoms with Crippen LogP contribution in [0, 0.1) is 0 Å². The van der Waals surface area contributed by atoms with E-state index in [-0.39, 0.29) is 18.7 Å². The summed E-state index contributed by atoms with van der Waals surface area (Å²) >= 11 is 3.36. The van der Waals surface area contributed by atoms with Gasteiger partial charge in [0.1, 0.15) is 12.4 Å². The van der Waals surface area contributed by atoms with Crippen molar-refractivity contribution in [2.75, 3.05) is 19.8 Å². The molecule has 0 saturated heterocycles. The molecular formula is C13H19BrN2O3. The Morgan fingerprint density at radius 2 is 2.32 bits per heavy atom. The number of hydrogen-bond acceptors (Lipinski definition) is 3. The lowest BCUT2D eigenvalue weighted by molar-refractivity contribution is 0.227. The first kappa shape index (κ1) is 15.8. The van der Waals surface area contributed by atoms with E-state index in [0.717, 1.165) is 10.2 Å². The van der Waals surface area contributed by atoms with Crippen LogP contribution in [0.15, 0.2) is 28.7 Å². The van der Waals surface area contributed by atoms with Crippen LogP contribution < -0.4 is 15.4 Å². The molecular weight excluding hydrogens is 312 g/mol. The zero-order valence-corrected chi connectivity index (χ0v) is 12.4. The largest absolute Gasteiger partial charge is 0.492 e. The minimum absolute atomic E-state index is 0.0454. The van der Waals surface area contributed by atoms with Crippen molar-refractivity contribution in [1.29, 1.82) is 0 Å². The van der Waals surface area contributed by atoms with Gasteiger partial charge in [0, 0.05) is 17.1 Å². The van der Waals surface area contributed by atoms with Crippen molar-refractivity contribution in [3.05, 3.63) is 28.7 Å². The molecule has 19 heavy (non-hydrogen) atoms. The first-order valence-corrected chi connectivity index (χ1v) is 6.94. The van der Waals surface area contributed by atoms with E-state index in [4.69, 9.17) is 9.84 Å². The number of nitrogens with one attached hydrogen (secondary N) is 2. The van der Waals surface area contributed by atoms with Gasteiger partial charge in [-0.15, -0.1) is 0 Å². The van der Waals surface area contributed by atoms with Crippen LogP contribution in [0.3, 0.4) is 0 Å². The quantitative estimate of drug-likeness (QED) is 0.669. The Balaban J connectivity index is 2.15. The Morgan fingerprint density at radius 3 is 3.00 bits per heavy atom. The average Bonchev–Trinajstić information content (AvgIpc) is 2.35. The van der Waals surface area contributed by atoms with Gasteiger partial charge < -0.3 is 20.5 Å². The summed E-state index contributed by atoms with van der Waals surface area (Å²) in [5.74, 6) is 0.755. The number of carbonyl (C=O) groups is 1. The number of rotatable bonds is 7. The zero-order chi connectivity index (χ0) is 14.1. The predicted molar refractivity (Wildman–Crippen MR) is 77.3 cm³/mol. The summed E-state index contributed by atoms with van der Waals surface area (Å²) in [5, 5.41) is 14.1. The molecule has 1 aromatic carbocycles. The number of aliphatic hydroxyl groups is 1. The number of halogens is 1. The second-order valence-corrected chi connectivity index (χ2v) is 5.04. The maximum Gasteiger partial charge on any atom is 0.315 e. The van der Waals surface area contributed by atoms with Gasteiger partial charge in [-0.05, 0) is 31.5 Å². The van der Waals surface area contributed by atoms with Crippen LogP contribution in [-0.2, 0) is 0 Å². The van der Waals surface area contributed by atoms with Gasteiger partial charge in [0.25, 0.3) is 0 Å². The van der Waals surface area contributed by atoms with Crippen molar-refractivity contribution in [3.63, 3.8) is 0 Å². The van der Waals surface area contributed by atoms with Gasteiger partial charge in [-0.2, -0.15) is 0 Å². The Labute approximate surface area is 121 Å². The molecule has 106 valence electrons. The van der Waals surface area contributed by atoms with Crippen LogP contribution in [0.2, 0.25) is 0 Å².